The molecule has 16 heavy (non-hydrogen) atoms. The lowest BCUT2D eigenvalue weighted by Crippen LogP contribution is -2.10. The molecule has 1 amide bonds. The third-order valence-corrected chi connectivity index (χ3v) is 1.87. The largest absolute Gasteiger partial charge is 0.424 e. The molecule has 5 heteroatoms. The zero-order valence-electron chi connectivity index (χ0n) is 8.33. The average Bonchev–Trinajstić information content (AvgIpc) is 2.30. The standard InChI is InChI=1S/C11H9N3O2/c12-10(15)8-3-1-4-9(7-8)16-11-13-5-2-6-14-11/h1-7H,(H2,12,15). The molecule has 0 spiro atoms. The maximum atomic E-state index is 10.9. The van der Waals surface area contributed by atoms with Gasteiger partial charge in [-0.3, -0.25) is 4.79 Å². The van der Waals surface area contributed by atoms with Gasteiger partial charge in [0.05, 0.1) is 0 Å². The van der Waals surface area contributed by atoms with Crippen LogP contribution in [0, 0.1) is 0 Å². The zero-order valence-corrected chi connectivity index (χ0v) is 8.33. The number of ether oxygens (including phenoxy) is 1. The molecule has 2 N–H and O–H groups in total. The van der Waals surface area contributed by atoms with Crippen LogP contribution in [-0.4, -0.2) is 15.9 Å². The monoisotopic (exact) mass is 215 g/mol. The van der Waals surface area contributed by atoms with Crippen LogP contribution in [0.25, 0.3) is 0 Å². The number of nitrogens with two attached hydrogens (primary N) is 1. The lowest BCUT2D eigenvalue weighted by molar-refractivity contribution is 0.1000. The SMILES string of the molecule is NC(=O)c1cccc(Oc2ncccn2)c1. The van der Waals surface area contributed by atoms with Crippen molar-refractivity contribution in [2.45, 2.75) is 0 Å². The number of aromatic nitrogens is 2. The Morgan fingerprint density at radius 1 is 1.19 bits per heavy atom. The first-order chi connectivity index (χ1) is 7.75. The highest BCUT2D eigenvalue weighted by molar-refractivity contribution is 5.93. The molecule has 2 aromatic rings. The van der Waals surface area contributed by atoms with Crippen LogP contribution < -0.4 is 10.5 Å². The van der Waals surface area contributed by atoms with E-state index in [0.29, 0.717) is 11.3 Å². The Kier molecular flexibility index (Phi) is 2.77. The van der Waals surface area contributed by atoms with E-state index in [1.54, 1.807) is 42.7 Å². The van der Waals surface area contributed by atoms with Crippen molar-refractivity contribution in [1.29, 1.82) is 0 Å². The van der Waals surface area contributed by atoms with Crippen LogP contribution >= 0.6 is 0 Å². The van der Waals surface area contributed by atoms with Crippen molar-refractivity contribution in [2.75, 3.05) is 0 Å². The van der Waals surface area contributed by atoms with Gasteiger partial charge in [0.25, 0.3) is 0 Å². The third kappa shape index (κ3) is 2.33. The molecule has 0 unspecified atom stereocenters. The van der Waals surface area contributed by atoms with Crippen molar-refractivity contribution < 1.29 is 9.53 Å². The molecule has 0 atom stereocenters. The summed E-state index contributed by atoms with van der Waals surface area (Å²) in [6, 6.07) is 8.44. The van der Waals surface area contributed by atoms with E-state index in [0.717, 1.165) is 0 Å². The smallest absolute Gasteiger partial charge is 0.321 e. The highest BCUT2D eigenvalue weighted by Crippen LogP contribution is 2.17. The van der Waals surface area contributed by atoms with Crippen molar-refractivity contribution >= 4 is 5.91 Å². The molecule has 2 rings (SSSR count). The molecule has 1 heterocycles. The number of amides is 1. The molecule has 0 radical (unpaired) electrons. The molecule has 5 nitrogen and oxygen atoms in total. The molecule has 0 aliphatic rings. The molecule has 1 aromatic carbocycles. The molecule has 1 aromatic heterocycles. The Balaban J connectivity index is 2.22. The van der Waals surface area contributed by atoms with Gasteiger partial charge < -0.3 is 10.5 Å². The first kappa shape index (κ1) is 10.1. The molecule has 0 saturated carbocycles. The fourth-order valence-corrected chi connectivity index (χ4v) is 1.16. The van der Waals surface area contributed by atoms with Gasteiger partial charge in [-0.2, -0.15) is 0 Å². The van der Waals surface area contributed by atoms with Crippen molar-refractivity contribution in [1.82, 2.24) is 9.97 Å². The van der Waals surface area contributed by atoms with Crippen LogP contribution in [0.1, 0.15) is 10.4 Å². The summed E-state index contributed by atoms with van der Waals surface area (Å²) in [5.41, 5.74) is 5.53. The highest BCUT2D eigenvalue weighted by atomic mass is 16.5. The summed E-state index contributed by atoms with van der Waals surface area (Å²) in [5, 5.41) is 0. The van der Waals surface area contributed by atoms with Gasteiger partial charge in [-0.15, -0.1) is 0 Å². The molecule has 0 aliphatic carbocycles. The number of rotatable bonds is 3. The van der Waals surface area contributed by atoms with E-state index in [1.807, 2.05) is 0 Å². The summed E-state index contributed by atoms with van der Waals surface area (Å²) < 4.78 is 5.34. The van der Waals surface area contributed by atoms with Gasteiger partial charge in [0.1, 0.15) is 5.75 Å². The predicted octanol–water partition coefficient (Wildman–Crippen LogP) is 1.37. The first-order valence-corrected chi connectivity index (χ1v) is 4.60. The molecule has 0 fully saturated rings. The van der Waals surface area contributed by atoms with Crippen LogP contribution in [0.4, 0.5) is 0 Å². The van der Waals surface area contributed by atoms with Gasteiger partial charge in [0, 0.05) is 18.0 Å². The van der Waals surface area contributed by atoms with E-state index < -0.39 is 5.91 Å². The van der Waals surface area contributed by atoms with E-state index >= 15 is 0 Å². The molecule has 0 aliphatic heterocycles. The fraction of sp³-hybridized carbons (Fsp3) is 0. The van der Waals surface area contributed by atoms with Crippen LogP contribution in [0.3, 0.4) is 0 Å². The second-order valence-corrected chi connectivity index (χ2v) is 3.03. The summed E-state index contributed by atoms with van der Waals surface area (Å²) in [7, 11) is 0. The molecule has 0 saturated heterocycles. The van der Waals surface area contributed by atoms with Gasteiger partial charge in [0.15, 0.2) is 0 Å². The number of carbonyl (C=O) groups is 1. The maximum Gasteiger partial charge on any atom is 0.321 e. The second-order valence-electron chi connectivity index (χ2n) is 3.03. The number of benzene rings is 1. The van der Waals surface area contributed by atoms with E-state index in [1.165, 1.54) is 0 Å². The summed E-state index contributed by atoms with van der Waals surface area (Å²) in [6.07, 6.45) is 3.14. The predicted molar refractivity (Wildman–Crippen MR) is 57.1 cm³/mol. The van der Waals surface area contributed by atoms with Crippen molar-refractivity contribution in [2.24, 2.45) is 5.73 Å². The number of hydrogen-bond acceptors (Lipinski definition) is 4. The Morgan fingerprint density at radius 2 is 1.94 bits per heavy atom. The molecular formula is C11H9N3O2. The second kappa shape index (κ2) is 4.39. The Bertz CT molecular complexity index is 500. The molecule has 80 valence electrons. The van der Waals surface area contributed by atoms with Gasteiger partial charge >= 0.3 is 6.01 Å². The van der Waals surface area contributed by atoms with Gasteiger partial charge in [-0.05, 0) is 24.3 Å². The van der Waals surface area contributed by atoms with Gasteiger partial charge in [-0.1, -0.05) is 6.07 Å². The summed E-state index contributed by atoms with van der Waals surface area (Å²) in [5.74, 6) is -0.0260. The molecular weight excluding hydrogens is 206 g/mol. The lowest BCUT2D eigenvalue weighted by Gasteiger charge is -2.03. The topological polar surface area (TPSA) is 78.1 Å². The van der Waals surface area contributed by atoms with E-state index in [2.05, 4.69) is 9.97 Å². The summed E-state index contributed by atoms with van der Waals surface area (Å²) in [6.45, 7) is 0. The minimum absolute atomic E-state index is 0.226. The minimum Gasteiger partial charge on any atom is -0.424 e. The first-order valence-electron chi connectivity index (χ1n) is 4.60. The van der Waals surface area contributed by atoms with Gasteiger partial charge in [0.2, 0.25) is 5.91 Å². The lowest BCUT2D eigenvalue weighted by atomic mass is 10.2. The van der Waals surface area contributed by atoms with Crippen molar-refractivity contribution in [3.05, 3.63) is 48.3 Å². The Morgan fingerprint density at radius 3 is 2.62 bits per heavy atom. The zero-order chi connectivity index (χ0) is 11.4. The number of nitrogens with zero attached hydrogens (tertiary/aromatic N) is 2. The highest BCUT2D eigenvalue weighted by Gasteiger charge is 2.03. The van der Waals surface area contributed by atoms with E-state index in [4.69, 9.17) is 10.5 Å². The molecule has 0 bridgehead atoms. The fourth-order valence-electron chi connectivity index (χ4n) is 1.16. The maximum absolute atomic E-state index is 10.9. The number of carbonyl (C=O) groups excluding carboxylic acids is 1. The van der Waals surface area contributed by atoms with E-state index in [-0.39, 0.29) is 6.01 Å². The van der Waals surface area contributed by atoms with Gasteiger partial charge in [-0.25, -0.2) is 9.97 Å². The van der Waals surface area contributed by atoms with Crippen LogP contribution in [-0.2, 0) is 0 Å². The Hall–Kier alpha value is -2.43. The number of primary amides is 1. The van der Waals surface area contributed by atoms with Crippen molar-refractivity contribution in [3.8, 4) is 11.8 Å². The third-order valence-electron chi connectivity index (χ3n) is 1.87. The van der Waals surface area contributed by atoms with Crippen molar-refractivity contribution in [3.63, 3.8) is 0 Å². The quantitative estimate of drug-likeness (QED) is 0.838. The number of hydrogen-bond donors (Lipinski definition) is 1. The van der Waals surface area contributed by atoms with Crippen LogP contribution in [0.5, 0.6) is 11.8 Å². The Labute approximate surface area is 91.9 Å². The average molecular weight is 215 g/mol. The van der Waals surface area contributed by atoms with E-state index in [9.17, 15) is 4.79 Å². The normalized spacial score (nSPS) is 9.75. The van der Waals surface area contributed by atoms with Crippen LogP contribution in [0.2, 0.25) is 0 Å². The minimum atomic E-state index is -0.501. The summed E-state index contributed by atoms with van der Waals surface area (Å²) >= 11 is 0. The summed E-state index contributed by atoms with van der Waals surface area (Å²) in [4.78, 5) is 18.7. The van der Waals surface area contributed by atoms with Crippen LogP contribution in [0.15, 0.2) is 42.7 Å².